The van der Waals surface area contributed by atoms with Crippen molar-refractivity contribution in [3.63, 3.8) is 0 Å². The van der Waals surface area contributed by atoms with E-state index in [0.717, 1.165) is 5.75 Å². The maximum Gasteiger partial charge on any atom is 0.119 e. The van der Waals surface area contributed by atoms with Crippen molar-refractivity contribution >= 4 is 0 Å². The van der Waals surface area contributed by atoms with E-state index < -0.39 is 0 Å². The van der Waals surface area contributed by atoms with Crippen molar-refractivity contribution < 1.29 is 4.74 Å². The molecule has 3 rings (SSSR count). The summed E-state index contributed by atoms with van der Waals surface area (Å²) in [4.78, 5) is 0. The molecule has 0 aliphatic heterocycles. The van der Waals surface area contributed by atoms with Gasteiger partial charge in [-0.05, 0) is 28.8 Å². The van der Waals surface area contributed by atoms with Gasteiger partial charge in [0.25, 0.3) is 0 Å². The van der Waals surface area contributed by atoms with Gasteiger partial charge in [-0.3, -0.25) is 0 Å². The predicted molar refractivity (Wildman–Crippen MR) is 105 cm³/mol. The fourth-order valence-corrected chi connectivity index (χ4v) is 2.12. The molecule has 0 heterocycles. The maximum atomic E-state index is 5.78. The average Bonchev–Trinajstić information content (AvgIpc) is 2.71. The van der Waals surface area contributed by atoms with E-state index in [-0.39, 0.29) is 0 Å². The van der Waals surface area contributed by atoms with Crippen molar-refractivity contribution in [1.29, 1.82) is 0 Å². The molecular weight excluding hydrogens is 292 g/mol. The van der Waals surface area contributed by atoms with E-state index in [1.54, 1.807) is 0 Å². The Kier molecular flexibility index (Phi) is 9.72. The standard InChI is InChI=1S/C19H16O.2C2H6/c1-3-7-16(8-4-1)15-20-19-13-11-18(12-14-19)17-9-5-2-6-10-17;2*1-2/h1-14H,15H2;2*1-2H3. The first-order valence-corrected chi connectivity index (χ1v) is 8.74. The molecule has 0 saturated carbocycles. The number of ether oxygens (including phenoxy) is 1. The molecule has 126 valence electrons. The van der Waals surface area contributed by atoms with Crippen LogP contribution in [0.3, 0.4) is 0 Å². The van der Waals surface area contributed by atoms with Crippen LogP contribution in [0, 0.1) is 0 Å². The molecular formula is C23H28O. The van der Waals surface area contributed by atoms with Crippen molar-refractivity contribution in [3.8, 4) is 16.9 Å². The summed E-state index contributed by atoms with van der Waals surface area (Å²) in [6.45, 7) is 8.60. The lowest BCUT2D eigenvalue weighted by Crippen LogP contribution is -1.94. The first-order valence-electron chi connectivity index (χ1n) is 8.74. The van der Waals surface area contributed by atoms with Crippen LogP contribution < -0.4 is 4.74 Å². The molecule has 3 aromatic rings. The molecule has 0 fully saturated rings. The Morgan fingerprint density at radius 1 is 0.542 bits per heavy atom. The first kappa shape index (κ1) is 19.5. The zero-order valence-corrected chi connectivity index (χ0v) is 15.2. The van der Waals surface area contributed by atoms with Crippen LogP contribution in [0.25, 0.3) is 11.1 Å². The van der Waals surface area contributed by atoms with E-state index in [0.29, 0.717) is 6.61 Å². The topological polar surface area (TPSA) is 9.23 Å². The van der Waals surface area contributed by atoms with E-state index in [1.807, 2.05) is 64.1 Å². The minimum absolute atomic E-state index is 0.603. The SMILES string of the molecule is CC.CC.c1ccc(COc2ccc(-c3ccccc3)cc2)cc1. The molecule has 0 bridgehead atoms. The second kappa shape index (κ2) is 12.0. The fraction of sp³-hybridized carbons (Fsp3) is 0.217. The maximum absolute atomic E-state index is 5.78. The highest BCUT2D eigenvalue weighted by molar-refractivity contribution is 5.63. The summed E-state index contributed by atoms with van der Waals surface area (Å²) >= 11 is 0. The summed E-state index contributed by atoms with van der Waals surface area (Å²) in [6, 6.07) is 28.8. The number of benzene rings is 3. The molecule has 1 nitrogen and oxygen atoms in total. The highest BCUT2D eigenvalue weighted by Gasteiger charge is 1.98. The van der Waals surface area contributed by atoms with Crippen LogP contribution in [0.1, 0.15) is 33.3 Å². The van der Waals surface area contributed by atoms with Crippen LogP contribution in [0.4, 0.5) is 0 Å². The van der Waals surface area contributed by atoms with Crippen molar-refractivity contribution in [3.05, 3.63) is 90.5 Å². The van der Waals surface area contributed by atoms with Crippen LogP contribution >= 0.6 is 0 Å². The Hall–Kier alpha value is -2.54. The van der Waals surface area contributed by atoms with Gasteiger partial charge in [-0.15, -0.1) is 0 Å². The van der Waals surface area contributed by atoms with Gasteiger partial charge in [0.1, 0.15) is 12.4 Å². The van der Waals surface area contributed by atoms with Crippen molar-refractivity contribution in [2.75, 3.05) is 0 Å². The molecule has 0 spiro atoms. The molecule has 0 unspecified atom stereocenters. The van der Waals surface area contributed by atoms with E-state index in [9.17, 15) is 0 Å². The third-order valence-corrected chi connectivity index (χ3v) is 3.21. The molecule has 0 amide bonds. The normalized spacial score (nSPS) is 9.00. The van der Waals surface area contributed by atoms with E-state index in [2.05, 4.69) is 48.5 Å². The van der Waals surface area contributed by atoms with Crippen molar-refractivity contribution in [2.45, 2.75) is 34.3 Å². The Bertz CT molecular complexity index is 643. The van der Waals surface area contributed by atoms with Gasteiger partial charge < -0.3 is 4.74 Å². The van der Waals surface area contributed by atoms with Crippen LogP contribution in [0.15, 0.2) is 84.9 Å². The summed E-state index contributed by atoms with van der Waals surface area (Å²) in [5, 5.41) is 0. The van der Waals surface area contributed by atoms with Crippen LogP contribution in [-0.2, 0) is 6.61 Å². The molecule has 3 aromatic carbocycles. The van der Waals surface area contributed by atoms with E-state index >= 15 is 0 Å². The summed E-state index contributed by atoms with van der Waals surface area (Å²) in [5.41, 5.74) is 3.61. The molecule has 0 atom stereocenters. The minimum atomic E-state index is 0.603. The number of hydrogen-bond donors (Lipinski definition) is 0. The summed E-state index contributed by atoms with van der Waals surface area (Å²) in [7, 11) is 0. The Labute approximate surface area is 146 Å². The van der Waals surface area contributed by atoms with Crippen LogP contribution in [0.2, 0.25) is 0 Å². The van der Waals surface area contributed by atoms with E-state index in [4.69, 9.17) is 4.74 Å². The molecule has 0 aliphatic carbocycles. The molecule has 1 heteroatoms. The lowest BCUT2D eigenvalue weighted by Gasteiger charge is -2.07. The number of hydrogen-bond acceptors (Lipinski definition) is 1. The Balaban J connectivity index is 0.000000671. The zero-order valence-electron chi connectivity index (χ0n) is 15.2. The predicted octanol–water partition coefficient (Wildman–Crippen LogP) is 6.99. The van der Waals surface area contributed by atoms with Gasteiger partial charge in [0, 0.05) is 0 Å². The Morgan fingerprint density at radius 3 is 1.54 bits per heavy atom. The first-order chi connectivity index (χ1) is 11.9. The van der Waals surface area contributed by atoms with Gasteiger partial charge in [0.05, 0.1) is 0 Å². The number of rotatable bonds is 4. The monoisotopic (exact) mass is 320 g/mol. The lowest BCUT2D eigenvalue weighted by molar-refractivity contribution is 0.306. The lowest BCUT2D eigenvalue weighted by atomic mass is 10.1. The van der Waals surface area contributed by atoms with Crippen molar-refractivity contribution in [1.82, 2.24) is 0 Å². The molecule has 0 radical (unpaired) electrons. The second-order valence-corrected chi connectivity index (χ2v) is 4.66. The van der Waals surface area contributed by atoms with Gasteiger partial charge >= 0.3 is 0 Å². The molecule has 0 N–H and O–H groups in total. The summed E-state index contributed by atoms with van der Waals surface area (Å²) in [5.74, 6) is 0.897. The molecule has 0 aromatic heterocycles. The molecule has 0 aliphatic rings. The molecule has 24 heavy (non-hydrogen) atoms. The van der Waals surface area contributed by atoms with Gasteiger partial charge in [-0.1, -0.05) is 100 Å². The largest absolute Gasteiger partial charge is 0.489 e. The van der Waals surface area contributed by atoms with Crippen LogP contribution in [0.5, 0.6) is 5.75 Å². The summed E-state index contributed by atoms with van der Waals surface area (Å²) in [6.07, 6.45) is 0. The average molecular weight is 320 g/mol. The van der Waals surface area contributed by atoms with Crippen molar-refractivity contribution in [2.24, 2.45) is 0 Å². The quantitative estimate of drug-likeness (QED) is 0.503. The molecule has 0 saturated heterocycles. The third kappa shape index (κ3) is 6.29. The smallest absolute Gasteiger partial charge is 0.119 e. The fourth-order valence-electron chi connectivity index (χ4n) is 2.12. The Morgan fingerprint density at radius 2 is 1.00 bits per heavy atom. The highest BCUT2D eigenvalue weighted by atomic mass is 16.5. The zero-order chi connectivity index (χ0) is 17.6. The second-order valence-electron chi connectivity index (χ2n) is 4.66. The highest BCUT2D eigenvalue weighted by Crippen LogP contribution is 2.22. The van der Waals surface area contributed by atoms with E-state index in [1.165, 1.54) is 16.7 Å². The van der Waals surface area contributed by atoms with Gasteiger partial charge in [0.2, 0.25) is 0 Å². The third-order valence-electron chi connectivity index (χ3n) is 3.21. The van der Waals surface area contributed by atoms with Gasteiger partial charge in [-0.25, -0.2) is 0 Å². The van der Waals surface area contributed by atoms with Crippen LogP contribution in [-0.4, -0.2) is 0 Å². The van der Waals surface area contributed by atoms with Gasteiger partial charge in [0.15, 0.2) is 0 Å². The summed E-state index contributed by atoms with van der Waals surface area (Å²) < 4.78 is 5.78. The van der Waals surface area contributed by atoms with Gasteiger partial charge in [-0.2, -0.15) is 0 Å². The minimum Gasteiger partial charge on any atom is -0.489 e.